The Morgan fingerprint density at radius 3 is 2.76 bits per heavy atom. The third kappa shape index (κ3) is 2.54. The van der Waals surface area contributed by atoms with Crippen LogP contribution in [0.3, 0.4) is 0 Å². The molecule has 0 aliphatic carbocycles. The number of thiazole rings is 1. The van der Waals surface area contributed by atoms with E-state index < -0.39 is 11.8 Å². The molecule has 0 spiro atoms. The maximum atomic E-state index is 12.3. The van der Waals surface area contributed by atoms with Gasteiger partial charge in [0.2, 0.25) is 0 Å². The van der Waals surface area contributed by atoms with Crippen molar-refractivity contribution in [2.24, 2.45) is 0 Å². The summed E-state index contributed by atoms with van der Waals surface area (Å²) in [4.78, 5) is 31.2. The van der Waals surface area contributed by atoms with Gasteiger partial charge in [0.1, 0.15) is 0 Å². The number of nitrogens with one attached hydrogen (secondary N) is 1. The van der Waals surface area contributed by atoms with Gasteiger partial charge in [-0.25, -0.2) is 4.98 Å². The van der Waals surface area contributed by atoms with Crippen molar-refractivity contribution >= 4 is 34.0 Å². The lowest BCUT2D eigenvalue weighted by molar-refractivity contribution is -0.134. The molecule has 0 atom stereocenters. The zero-order chi connectivity index (χ0) is 15.0. The molecule has 2 amide bonds. The first-order valence-corrected chi connectivity index (χ1v) is 7.52. The summed E-state index contributed by atoms with van der Waals surface area (Å²) in [6.45, 7) is 4.35. The largest absolute Gasteiger partial charge is 0.316 e. The Hall–Kier alpha value is -2.21. The van der Waals surface area contributed by atoms with Gasteiger partial charge in [0.05, 0.1) is 5.69 Å². The van der Waals surface area contributed by atoms with Crippen LogP contribution in [0.1, 0.15) is 16.1 Å². The van der Waals surface area contributed by atoms with Gasteiger partial charge in [0.25, 0.3) is 0 Å². The van der Waals surface area contributed by atoms with E-state index in [-0.39, 0.29) is 0 Å². The maximum Gasteiger partial charge on any atom is 0.316 e. The molecule has 1 aliphatic rings. The first-order chi connectivity index (χ1) is 10.1. The molecule has 5 nitrogen and oxygen atoms in total. The number of para-hydroxylation sites is 1. The van der Waals surface area contributed by atoms with Gasteiger partial charge in [-0.15, -0.1) is 11.3 Å². The van der Waals surface area contributed by atoms with Crippen molar-refractivity contribution in [3.8, 4) is 0 Å². The Balaban J connectivity index is 1.75. The molecule has 1 aliphatic heterocycles. The fourth-order valence-electron chi connectivity index (χ4n) is 2.35. The van der Waals surface area contributed by atoms with Crippen molar-refractivity contribution in [2.75, 3.05) is 16.8 Å². The van der Waals surface area contributed by atoms with Crippen molar-refractivity contribution in [1.29, 1.82) is 0 Å². The topological polar surface area (TPSA) is 62.3 Å². The SMILES string of the molecule is Cc1nc(NC(=O)C(=O)N2CCc3ccccc32)sc1C. The normalized spacial score (nSPS) is 13.1. The fourth-order valence-corrected chi connectivity index (χ4v) is 3.16. The number of fused-ring (bicyclic) bond motifs is 1. The van der Waals surface area contributed by atoms with E-state index >= 15 is 0 Å². The van der Waals surface area contributed by atoms with Crippen LogP contribution in [0.25, 0.3) is 0 Å². The number of carbonyl (C=O) groups is 2. The van der Waals surface area contributed by atoms with E-state index in [9.17, 15) is 9.59 Å². The summed E-state index contributed by atoms with van der Waals surface area (Å²) >= 11 is 1.37. The Morgan fingerprint density at radius 2 is 2.05 bits per heavy atom. The summed E-state index contributed by atoms with van der Waals surface area (Å²) in [6.07, 6.45) is 0.782. The van der Waals surface area contributed by atoms with Gasteiger partial charge in [-0.2, -0.15) is 0 Å². The number of benzene rings is 1. The van der Waals surface area contributed by atoms with E-state index in [1.165, 1.54) is 16.2 Å². The Bertz CT molecular complexity index is 704. The summed E-state index contributed by atoms with van der Waals surface area (Å²) < 4.78 is 0. The van der Waals surface area contributed by atoms with Gasteiger partial charge < -0.3 is 4.90 Å². The second-order valence-corrected chi connectivity index (χ2v) is 6.15. The fraction of sp³-hybridized carbons (Fsp3) is 0.267. The predicted molar refractivity (Wildman–Crippen MR) is 82.7 cm³/mol. The van der Waals surface area contributed by atoms with Gasteiger partial charge in [-0.05, 0) is 31.9 Å². The van der Waals surface area contributed by atoms with Crippen molar-refractivity contribution in [3.63, 3.8) is 0 Å². The zero-order valence-electron chi connectivity index (χ0n) is 11.8. The van der Waals surface area contributed by atoms with Crippen molar-refractivity contribution < 1.29 is 9.59 Å². The summed E-state index contributed by atoms with van der Waals surface area (Å²) in [5, 5.41) is 3.06. The Morgan fingerprint density at radius 1 is 1.29 bits per heavy atom. The monoisotopic (exact) mass is 301 g/mol. The van der Waals surface area contributed by atoms with Crippen LogP contribution < -0.4 is 10.2 Å². The number of aryl methyl sites for hydroxylation is 2. The van der Waals surface area contributed by atoms with Crippen LogP contribution in [0.2, 0.25) is 0 Å². The third-order valence-corrected chi connectivity index (χ3v) is 4.56. The van der Waals surface area contributed by atoms with Crippen molar-refractivity contribution in [3.05, 3.63) is 40.4 Å². The molecule has 0 saturated carbocycles. The number of hydrogen-bond acceptors (Lipinski definition) is 4. The number of amides is 2. The Kier molecular flexibility index (Phi) is 3.47. The first kappa shape index (κ1) is 13.8. The molecule has 6 heteroatoms. The highest BCUT2D eigenvalue weighted by molar-refractivity contribution is 7.15. The van der Waals surface area contributed by atoms with E-state index in [4.69, 9.17) is 0 Å². The molecule has 1 aromatic carbocycles. The molecule has 2 heterocycles. The zero-order valence-corrected chi connectivity index (χ0v) is 12.7. The molecule has 2 aromatic rings. The van der Waals surface area contributed by atoms with Crippen LogP contribution >= 0.6 is 11.3 Å². The smallest absolute Gasteiger partial charge is 0.304 e. The molecule has 1 N–H and O–H groups in total. The lowest BCUT2D eigenvalue weighted by Gasteiger charge is -2.16. The number of rotatable bonds is 1. The first-order valence-electron chi connectivity index (χ1n) is 6.71. The Labute approximate surface area is 126 Å². The van der Waals surface area contributed by atoms with Crippen LogP contribution in [0.5, 0.6) is 0 Å². The van der Waals surface area contributed by atoms with Crippen LogP contribution in [-0.2, 0) is 16.0 Å². The number of anilines is 2. The third-order valence-electron chi connectivity index (χ3n) is 3.58. The van der Waals surface area contributed by atoms with Gasteiger partial charge in [-0.3, -0.25) is 14.9 Å². The summed E-state index contributed by atoms with van der Waals surface area (Å²) in [7, 11) is 0. The number of hydrogen-bond donors (Lipinski definition) is 1. The van der Waals surface area contributed by atoms with Crippen LogP contribution in [-0.4, -0.2) is 23.3 Å². The van der Waals surface area contributed by atoms with Gasteiger partial charge >= 0.3 is 11.8 Å². The molecule has 0 fully saturated rings. The minimum absolute atomic E-state index is 0.468. The summed E-state index contributed by atoms with van der Waals surface area (Å²) in [5.41, 5.74) is 2.79. The second-order valence-electron chi connectivity index (χ2n) is 4.95. The average molecular weight is 301 g/mol. The van der Waals surface area contributed by atoms with E-state index in [0.717, 1.165) is 28.2 Å². The maximum absolute atomic E-state index is 12.3. The number of aromatic nitrogens is 1. The molecule has 0 saturated heterocycles. The summed E-state index contributed by atoms with van der Waals surface area (Å²) in [6, 6.07) is 7.66. The molecule has 108 valence electrons. The highest BCUT2D eigenvalue weighted by Gasteiger charge is 2.29. The molecule has 3 rings (SSSR count). The van der Waals surface area contributed by atoms with Gasteiger partial charge in [-0.1, -0.05) is 18.2 Å². The van der Waals surface area contributed by atoms with Gasteiger partial charge in [0, 0.05) is 17.1 Å². The molecule has 0 unspecified atom stereocenters. The molecular weight excluding hydrogens is 286 g/mol. The minimum atomic E-state index is -0.638. The lowest BCUT2D eigenvalue weighted by Crippen LogP contribution is -2.38. The van der Waals surface area contributed by atoms with Crippen LogP contribution in [0, 0.1) is 13.8 Å². The lowest BCUT2D eigenvalue weighted by atomic mass is 10.2. The number of carbonyl (C=O) groups excluding carboxylic acids is 2. The van der Waals surface area contributed by atoms with Crippen LogP contribution in [0.4, 0.5) is 10.8 Å². The molecule has 1 aromatic heterocycles. The number of nitrogens with zero attached hydrogens (tertiary/aromatic N) is 2. The van der Waals surface area contributed by atoms with E-state index in [2.05, 4.69) is 10.3 Å². The predicted octanol–water partition coefficient (Wildman–Crippen LogP) is 2.29. The van der Waals surface area contributed by atoms with Crippen LogP contribution in [0.15, 0.2) is 24.3 Å². The van der Waals surface area contributed by atoms with E-state index in [1.807, 2.05) is 38.1 Å². The van der Waals surface area contributed by atoms with Gasteiger partial charge in [0.15, 0.2) is 5.13 Å². The molecule has 21 heavy (non-hydrogen) atoms. The van der Waals surface area contributed by atoms with E-state index in [0.29, 0.717) is 11.7 Å². The average Bonchev–Trinajstić information content (AvgIpc) is 3.02. The molecule has 0 radical (unpaired) electrons. The highest BCUT2D eigenvalue weighted by atomic mass is 32.1. The quantitative estimate of drug-likeness (QED) is 0.822. The minimum Gasteiger partial charge on any atom is -0.304 e. The standard InChI is InChI=1S/C15H15N3O2S/c1-9-10(2)21-15(16-9)17-13(19)14(20)18-8-7-11-5-3-4-6-12(11)18/h3-6H,7-8H2,1-2H3,(H,16,17,19). The summed E-state index contributed by atoms with van der Waals surface area (Å²) in [5.74, 6) is -1.18. The van der Waals surface area contributed by atoms with Crippen molar-refractivity contribution in [1.82, 2.24) is 4.98 Å². The van der Waals surface area contributed by atoms with Crippen molar-refractivity contribution in [2.45, 2.75) is 20.3 Å². The highest BCUT2D eigenvalue weighted by Crippen LogP contribution is 2.28. The second kappa shape index (κ2) is 5.29. The molecular formula is C15H15N3O2S. The molecule has 0 bridgehead atoms. The van der Waals surface area contributed by atoms with E-state index in [1.54, 1.807) is 0 Å².